The van der Waals surface area contributed by atoms with Crippen molar-refractivity contribution >= 4 is 11.6 Å². The molecule has 0 saturated carbocycles. The molecule has 0 radical (unpaired) electrons. The van der Waals surface area contributed by atoms with Crippen molar-refractivity contribution < 1.29 is 8.78 Å². The Hall–Kier alpha value is -1.52. The second kappa shape index (κ2) is 7.48. The molecule has 0 fully saturated rings. The molecule has 1 aromatic heterocycles. The van der Waals surface area contributed by atoms with Gasteiger partial charge >= 0.3 is 0 Å². The Labute approximate surface area is 128 Å². The predicted molar refractivity (Wildman–Crippen MR) is 80.3 cm³/mol. The molecule has 2 rings (SSSR count). The van der Waals surface area contributed by atoms with Crippen molar-refractivity contribution in [2.75, 3.05) is 6.54 Å². The lowest BCUT2D eigenvalue weighted by molar-refractivity contribution is 0.494. The van der Waals surface area contributed by atoms with Gasteiger partial charge in [0.1, 0.15) is 11.6 Å². The van der Waals surface area contributed by atoms with Crippen LogP contribution in [-0.4, -0.2) is 11.5 Å². The summed E-state index contributed by atoms with van der Waals surface area (Å²) in [6.07, 6.45) is 4.06. The van der Waals surface area contributed by atoms with Crippen LogP contribution in [0, 0.1) is 11.6 Å². The molecule has 0 amide bonds. The smallest absolute Gasteiger partial charge is 0.146 e. The van der Waals surface area contributed by atoms with E-state index in [9.17, 15) is 8.78 Å². The number of hydrogen-bond acceptors (Lipinski definition) is 2. The molecule has 1 heterocycles. The fraction of sp³-hybridized carbons (Fsp3) is 0.312. The summed E-state index contributed by atoms with van der Waals surface area (Å²) in [5.74, 6) is -0.836. The lowest BCUT2D eigenvalue weighted by Crippen LogP contribution is -2.25. The highest BCUT2D eigenvalue weighted by Gasteiger charge is 2.18. The van der Waals surface area contributed by atoms with E-state index in [0.29, 0.717) is 17.5 Å². The van der Waals surface area contributed by atoms with Crippen LogP contribution < -0.4 is 5.32 Å². The second-order valence-electron chi connectivity index (χ2n) is 4.82. The van der Waals surface area contributed by atoms with E-state index in [1.165, 1.54) is 12.3 Å². The summed E-state index contributed by atoms with van der Waals surface area (Å²) in [7, 11) is 0. The number of halogens is 3. The minimum absolute atomic E-state index is 0.0928. The molecular weight excluding hydrogens is 294 g/mol. The monoisotopic (exact) mass is 310 g/mol. The lowest BCUT2D eigenvalue weighted by atomic mass is 9.99. The van der Waals surface area contributed by atoms with E-state index in [-0.39, 0.29) is 16.9 Å². The van der Waals surface area contributed by atoms with E-state index in [1.807, 2.05) is 6.92 Å². The SMILES string of the molecule is CCCNC(Cc1cccc(F)c1Cl)c1ccncc1F. The van der Waals surface area contributed by atoms with Gasteiger partial charge in [0.2, 0.25) is 0 Å². The van der Waals surface area contributed by atoms with Gasteiger partial charge in [-0.3, -0.25) is 4.98 Å². The number of nitrogens with zero attached hydrogens (tertiary/aromatic N) is 1. The summed E-state index contributed by atoms with van der Waals surface area (Å²) in [4.78, 5) is 3.76. The van der Waals surface area contributed by atoms with Crippen LogP contribution in [0.25, 0.3) is 0 Å². The maximum Gasteiger partial charge on any atom is 0.146 e. The summed E-state index contributed by atoms with van der Waals surface area (Å²) < 4.78 is 27.5. The number of hydrogen-bond donors (Lipinski definition) is 1. The molecule has 2 aromatic rings. The highest BCUT2D eigenvalue weighted by molar-refractivity contribution is 6.31. The minimum atomic E-state index is -0.460. The molecule has 0 aliphatic carbocycles. The fourth-order valence-electron chi connectivity index (χ4n) is 2.21. The van der Waals surface area contributed by atoms with Crippen LogP contribution in [0.5, 0.6) is 0 Å². The number of pyridine rings is 1. The number of aromatic nitrogens is 1. The average Bonchev–Trinajstić information content (AvgIpc) is 2.48. The van der Waals surface area contributed by atoms with E-state index in [1.54, 1.807) is 24.4 Å². The normalized spacial score (nSPS) is 12.4. The first-order valence-electron chi connectivity index (χ1n) is 6.89. The number of benzene rings is 1. The van der Waals surface area contributed by atoms with Gasteiger partial charge in [-0.05, 0) is 37.1 Å². The molecule has 0 spiro atoms. The topological polar surface area (TPSA) is 24.9 Å². The number of rotatable bonds is 6. The van der Waals surface area contributed by atoms with Crippen molar-refractivity contribution in [2.24, 2.45) is 0 Å². The van der Waals surface area contributed by atoms with E-state index >= 15 is 0 Å². The van der Waals surface area contributed by atoms with Crippen LogP contribution in [0.2, 0.25) is 5.02 Å². The molecule has 0 bridgehead atoms. The molecule has 0 aliphatic rings. The first-order chi connectivity index (χ1) is 10.1. The van der Waals surface area contributed by atoms with E-state index < -0.39 is 5.82 Å². The highest BCUT2D eigenvalue weighted by Crippen LogP contribution is 2.26. The minimum Gasteiger partial charge on any atom is -0.310 e. The quantitative estimate of drug-likeness (QED) is 0.860. The first kappa shape index (κ1) is 15.9. The van der Waals surface area contributed by atoms with Crippen LogP contribution in [0.4, 0.5) is 8.78 Å². The Bertz CT molecular complexity index is 605. The van der Waals surface area contributed by atoms with Gasteiger partial charge in [-0.2, -0.15) is 0 Å². The second-order valence-corrected chi connectivity index (χ2v) is 5.20. The molecule has 112 valence electrons. The standard InChI is InChI=1S/C16H17ClF2N2/c1-2-7-21-15(12-6-8-20-10-14(12)19)9-11-4-3-5-13(18)16(11)17/h3-6,8,10,15,21H,2,7,9H2,1H3. The molecular formula is C16H17ClF2N2. The molecule has 21 heavy (non-hydrogen) atoms. The molecule has 1 N–H and O–H groups in total. The Morgan fingerprint density at radius 3 is 2.76 bits per heavy atom. The third-order valence-electron chi connectivity index (χ3n) is 3.28. The fourth-order valence-corrected chi connectivity index (χ4v) is 2.41. The van der Waals surface area contributed by atoms with E-state index in [4.69, 9.17) is 11.6 Å². The van der Waals surface area contributed by atoms with Gasteiger partial charge in [-0.25, -0.2) is 8.78 Å². The van der Waals surface area contributed by atoms with E-state index in [2.05, 4.69) is 10.3 Å². The van der Waals surface area contributed by atoms with Crippen molar-refractivity contribution in [1.29, 1.82) is 0 Å². The van der Waals surface area contributed by atoms with Crippen molar-refractivity contribution in [3.8, 4) is 0 Å². The highest BCUT2D eigenvalue weighted by atomic mass is 35.5. The zero-order valence-electron chi connectivity index (χ0n) is 11.7. The van der Waals surface area contributed by atoms with Gasteiger partial charge in [0, 0.05) is 17.8 Å². The van der Waals surface area contributed by atoms with Gasteiger partial charge in [0.15, 0.2) is 0 Å². The van der Waals surface area contributed by atoms with Gasteiger partial charge in [0.05, 0.1) is 11.2 Å². The van der Waals surface area contributed by atoms with Crippen LogP contribution in [0.1, 0.15) is 30.5 Å². The van der Waals surface area contributed by atoms with E-state index in [0.717, 1.165) is 13.0 Å². The first-order valence-corrected chi connectivity index (χ1v) is 7.27. The predicted octanol–water partition coefficient (Wildman–Crippen LogP) is 4.30. The third-order valence-corrected chi connectivity index (χ3v) is 3.70. The molecule has 1 aromatic carbocycles. The van der Waals surface area contributed by atoms with Crippen LogP contribution in [-0.2, 0) is 6.42 Å². The number of nitrogens with one attached hydrogen (secondary N) is 1. The molecule has 0 aliphatic heterocycles. The summed E-state index contributed by atoms with van der Waals surface area (Å²) in [5, 5.41) is 3.37. The molecule has 5 heteroatoms. The zero-order valence-corrected chi connectivity index (χ0v) is 12.5. The van der Waals surface area contributed by atoms with Gasteiger partial charge < -0.3 is 5.32 Å². The van der Waals surface area contributed by atoms with Crippen LogP contribution in [0.3, 0.4) is 0 Å². The zero-order chi connectivity index (χ0) is 15.2. The van der Waals surface area contributed by atoms with Crippen LogP contribution in [0.15, 0.2) is 36.7 Å². The Morgan fingerprint density at radius 1 is 1.24 bits per heavy atom. The molecule has 1 unspecified atom stereocenters. The Kier molecular flexibility index (Phi) is 5.65. The van der Waals surface area contributed by atoms with Crippen molar-refractivity contribution in [2.45, 2.75) is 25.8 Å². The largest absolute Gasteiger partial charge is 0.310 e. The van der Waals surface area contributed by atoms with Gasteiger partial charge in [-0.1, -0.05) is 30.7 Å². The average molecular weight is 311 g/mol. The van der Waals surface area contributed by atoms with Crippen LogP contribution >= 0.6 is 11.6 Å². The van der Waals surface area contributed by atoms with Crippen molar-refractivity contribution in [1.82, 2.24) is 10.3 Å². The lowest BCUT2D eigenvalue weighted by Gasteiger charge is -2.20. The Balaban J connectivity index is 2.28. The van der Waals surface area contributed by atoms with Gasteiger partial charge in [-0.15, -0.1) is 0 Å². The summed E-state index contributed by atoms with van der Waals surface area (Å²) in [6, 6.07) is 6.04. The Morgan fingerprint density at radius 2 is 2.05 bits per heavy atom. The van der Waals surface area contributed by atoms with Crippen molar-refractivity contribution in [3.05, 3.63) is 64.4 Å². The molecule has 0 saturated heterocycles. The maximum atomic E-state index is 13.9. The van der Waals surface area contributed by atoms with Crippen molar-refractivity contribution in [3.63, 3.8) is 0 Å². The summed E-state index contributed by atoms with van der Waals surface area (Å²) in [6.45, 7) is 2.77. The maximum absolute atomic E-state index is 13.9. The summed E-state index contributed by atoms with van der Waals surface area (Å²) in [5.41, 5.74) is 1.17. The molecule has 1 atom stereocenters. The summed E-state index contributed by atoms with van der Waals surface area (Å²) >= 11 is 5.99. The third kappa shape index (κ3) is 3.99. The molecule has 2 nitrogen and oxygen atoms in total. The van der Waals surface area contributed by atoms with Gasteiger partial charge in [0.25, 0.3) is 0 Å².